The summed E-state index contributed by atoms with van der Waals surface area (Å²) >= 11 is 0. The zero-order valence-electron chi connectivity index (χ0n) is 9.85. The predicted molar refractivity (Wildman–Crippen MR) is 63.4 cm³/mol. The molecule has 0 heterocycles. The number of methoxy groups -OCH3 is 1. The second-order valence-electron chi connectivity index (χ2n) is 3.60. The predicted octanol–water partition coefficient (Wildman–Crippen LogP) is 2.03. The molecule has 1 rings (SSSR count). The van der Waals surface area contributed by atoms with Gasteiger partial charge in [0.2, 0.25) is 0 Å². The molecular weight excluding hydrogens is 239 g/mol. The van der Waals surface area contributed by atoms with Crippen LogP contribution in [0.3, 0.4) is 0 Å². The molecule has 1 aromatic carbocycles. The Morgan fingerprint density at radius 1 is 1.44 bits per heavy atom. The first-order valence-corrected chi connectivity index (χ1v) is 5.26. The van der Waals surface area contributed by atoms with Gasteiger partial charge in [-0.05, 0) is 17.2 Å². The highest BCUT2D eigenvalue weighted by Gasteiger charge is 2.06. The largest absolute Gasteiger partial charge is 0.481 e. The number of carbonyl (C=O) groups is 2. The number of esters is 1. The number of hydrogen-bond acceptors (Lipinski definition) is 3. The number of carbonyl (C=O) groups excluding carboxylic acids is 1. The Labute approximate surface area is 104 Å². The van der Waals surface area contributed by atoms with E-state index in [1.165, 1.54) is 19.2 Å². The van der Waals surface area contributed by atoms with Crippen molar-refractivity contribution in [3.05, 3.63) is 41.2 Å². The van der Waals surface area contributed by atoms with Gasteiger partial charge in [0, 0.05) is 0 Å². The Balaban J connectivity index is 2.72. The molecule has 1 N–H and O–H groups in total. The zero-order chi connectivity index (χ0) is 13.5. The second kappa shape index (κ2) is 6.54. The van der Waals surface area contributed by atoms with Crippen LogP contribution in [-0.2, 0) is 20.7 Å². The first kappa shape index (κ1) is 13.9. The quantitative estimate of drug-likeness (QED) is 0.814. The summed E-state index contributed by atoms with van der Waals surface area (Å²) in [6, 6.07) is 4.24. The third-order valence-electron chi connectivity index (χ3n) is 2.24. The molecule has 0 saturated heterocycles. The number of hydrogen-bond donors (Lipinski definition) is 1. The SMILES string of the molecule is COC(=O)CC=Cc1ccc(CC(=O)O)c(F)c1. The summed E-state index contributed by atoms with van der Waals surface area (Å²) in [6.45, 7) is 0. The molecule has 0 spiro atoms. The van der Waals surface area contributed by atoms with Crippen molar-refractivity contribution < 1.29 is 23.8 Å². The van der Waals surface area contributed by atoms with Crippen LogP contribution in [-0.4, -0.2) is 24.2 Å². The Morgan fingerprint density at radius 3 is 2.72 bits per heavy atom. The van der Waals surface area contributed by atoms with E-state index >= 15 is 0 Å². The number of carboxylic acid groups (broad SMARTS) is 1. The van der Waals surface area contributed by atoms with Gasteiger partial charge in [-0.1, -0.05) is 24.3 Å². The number of carboxylic acids is 1. The van der Waals surface area contributed by atoms with Crippen LogP contribution in [0.4, 0.5) is 4.39 Å². The third kappa shape index (κ3) is 4.37. The fourth-order valence-electron chi connectivity index (χ4n) is 1.35. The standard InChI is InChI=1S/C13H13FO4/c1-18-13(17)4-2-3-9-5-6-10(8-12(15)16)11(14)7-9/h2-3,5-7H,4,8H2,1H3,(H,15,16). The van der Waals surface area contributed by atoms with E-state index in [0.29, 0.717) is 5.56 Å². The summed E-state index contributed by atoms with van der Waals surface area (Å²) < 4.78 is 17.9. The summed E-state index contributed by atoms with van der Waals surface area (Å²) in [5.74, 6) is -2.03. The van der Waals surface area contributed by atoms with Gasteiger partial charge >= 0.3 is 11.9 Å². The van der Waals surface area contributed by atoms with Gasteiger partial charge in [0.25, 0.3) is 0 Å². The minimum atomic E-state index is -1.08. The minimum Gasteiger partial charge on any atom is -0.481 e. The Morgan fingerprint density at radius 2 is 2.17 bits per heavy atom. The van der Waals surface area contributed by atoms with Crippen LogP contribution in [0.25, 0.3) is 6.08 Å². The van der Waals surface area contributed by atoms with Gasteiger partial charge in [-0.15, -0.1) is 0 Å². The van der Waals surface area contributed by atoms with E-state index in [1.54, 1.807) is 18.2 Å². The molecule has 96 valence electrons. The van der Waals surface area contributed by atoms with E-state index in [0.717, 1.165) is 0 Å². The van der Waals surface area contributed by atoms with Gasteiger partial charge in [-0.2, -0.15) is 0 Å². The van der Waals surface area contributed by atoms with Gasteiger partial charge in [0.15, 0.2) is 0 Å². The lowest BCUT2D eigenvalue weighted by Crippen LogP contribution is -2.02. The number of rotatable bonds is 5. The lowest BCUT2D eigenvalue weighted by atomic mass is 10.1. The van der Waals surface area contributed by atoms with Gasteiger partial charge in [0.1, 0.15) is 5.82 Å². The fraction of sp³-hybridized carbons (Fsp3) is 0.231. The maximum atomic E-state index is 13.5. The Kier molecular flexibility index (Phi) is 5.05. The van der Waals surface area contributed by atoms with Gasteiger partial charge < -0.3 is 9.84 Å². The highest BCUT2D eigenvalue weighted by molar-refractivity contribution is 5.72. The molecule has 0 bridgehead atoms. The molecule has 0 radical (unpaired) electrons. The van der Waals surface area contributed by atoms with Crippen molar-refractivity contribution in [3.63, 3.8) is 0 Å². The molecule has 0 atom stereocenters. The molecule has 0 fully saturated rings. The molecule has 1 aromatic rings. The molecule has 5 heteroatoms. The van der Waals surface area contributed by atoms with Gasteiger partial charge in [-0.25, -0.2) is 4.39 Å². The summed E-state index contributed by atoms with van der Waals surface area (Å²) in [5.41, 5.74) is 0.693. The number of benzene rings is 1. The van der Waals surface area contributed by atoms with E-state index in [1.807, 2.05) is 0 Å². The zero-order valence-corrected chi connectivity index (χ0v) is 9.85. The molecule has 0 aliphatic heterocycles. The summed E-state index contributed by atoms with van der Waals surface area (Å²) in [4.78, 5) is 21.3. The summed E-state index contributed by atoms with van der Waals surface area (Å²) in [5, 5.41) is 8.56. The van der Waals surface area contributed by atoms with E-state index in [-0.39, 0.29) is 24.4 Å². The van der Waals surface area contributed by atoms with Crippen molar-refractivity contribution in [2.75, 3.05) is 7.11 Å². The first-order chi connectivity index (χ1) is 8.52. The summed E-state index contributed by atoms with van der Waals surface area (Å²) in [7, 11) is 1.29. The lowest BCUT2D eigenvalue weighted by Gasteiger charge is -2.01. The molecule has 0 amide bonds. The maximum absolute atomic E-state index is 13.5. The van der Waals surface area contributed by atoms with Crippen molar-refractivity contribution in [1.29, 1.82) is 0 Å². The van der Waals surface area contributed by atoms with E-state index in [2.05, 4.69) is 4.74 Å². The van der Waals surface area contributed by atoms with Gasteiger partial charge in [0.05, 0.1) is 20.0 Å². The monoisotopic (exact) mass is 252 g/mol. The molecule has 4 nitrogen and oxygen atoms in total. The van der Waals surface area contributed by atoms with Crippen LogP contribution < -0.4 is 0 Å². The minimum absolute atomic E-state index is 0.106. The second-order valence-corrected chi connectivity index (χ2v) is 3.60. The van der Waals surface area contributed by atoms with E-state index < -0.39 is 11.8 Å². The van der Waals surface area contributed by atoms with Gasteiger partial charge in [-0.3, -0.25) is 9.59 Å². The molecule has 0 aliphatic rings. The van der Waals surface area contributed by atoms with Crippen molar-refractivity contribution in [2.24, 2.45) is 0 Å². The average molecular weight is 252 g/mol. The van der Waals surface area contributed by atoms with Crippen LogP contribution in [0.2, 0.25) is 0 Å². The Bertz CT molecular complexity index is 480. The first-order valence-electron chi connectivity index (χ1n) is 5.26. The molecule has 0 saturated carbocycles. The molecule has 0 aromatic heterocycles. The molecule has 0 aliphatic carbocycles. The molecule has 18 heavy (non-hydrogen) atoms. The third-order valence-corrected chi connectivity index (χ3v) is 2.24. The summed E-state index contributed by atoms with van der Waals surface area (Å²) in [6.07, 6.45) is 2.88. The van der Waals surface area contributed by atoms with Crippen LogP contribution in [0, 0.1) is 5.82 Å². The van der Waals surface area contributed by atoms with Crippen LogP contribution in [0.15, 0.2) is 24.3 Å². The highest BCUT2D eigenvalue weighted by Crippen LogP contribution is 2.12. The topological polar surface area (TPSA) is 63.6 Å². The number of ether oxygens (including phenoxy) is 1. The van der Waals surface area contributed by atoms with E-state index in [9.17, 15) is 14.0 Å². The van der Waals surface area contributed by atoms with Crippen LogP contribution in [0.5, 0.6) is 0 Å². The van der Waals surface area contributed by atoms with E-state index in [4.69, 9.17) is 5.11 Å². The van der Waals surface area contributed by atoms with Crippen molar-refractivity contribution >= 4 is 18.0 Å². The van der Waals surface area contributed by atoms with Crippen LogP contribution in [0.1, 0.15) is 17.5 Å². The number of halogens is 1. The normalized spacial score (nSPS) is 10.6. The van der Waals surface area contributed by atoms with Crippen molar-refractivity contribution in [1.82, 2.24) is 0 Å². The number of aliphatic carboxylic acids is 1. The maximum Gasteiger partial charge on any atom is 0.309 e. The van der Waals surface area contributed by atoms with Crippen molar-refractivity contribution in [2.45, 2.75) is 12.8 Å². The average Bonchev–Trinajstić information content (AvgIpc) is 2.32. The van der Waals surface area contributed by atoms with Crippen molar-refractivity contribution in [3.8, 4) is 0 Å². The molecule has 0 unspecified atom stereocenters. The van der Waals surface area contributed by atoms with Crippen LogP contribution >= 0.6 is 0 Å². The Hall–Kier alpha value is -2.17. The smallest absolute Gasteiger partial charge is 0.309 e. The highest BCUT2D eigenvalue weighted by atomic mass is 19.1. The fourth-order valence-corrected chi connectivity index (χ4v) is 1.35. The lowest BCUT2D eigenvalue weighted by molar-refractivity contribution is -0.139. The molecular formula is C13H13FO4.